The summed E-state index contributed by atoms with van der Waals surface area (Å²) in [5.74, 6) is 0.812. The van der Waals surface area contributed by atoms with Gasteiger partial charge in [-0.1, -0.05) is 29.0 Å². The van der Waals surface area contributed by atoms with Crippen LogP contribution in [0.4, 0.5) is 0 Å². The molecule has 1 saturated heterocycles. The number of ether oxygens (including phenoxy) is 2. The number of carbonyl (C=O) groups excluding carboxylic acids is 1. The summed E-state index contributed by atoms with van der Waals surface area (Å²) in [5.41, 5.74) is 0.847. The number of nitrogens with zero attached hydrogens (tertiary/aromatic N) is 3. The molecule has 1 amide bonds. The molecule has 5 rings (SSSR count). The molecule has 0 radical (unpaired) electrons. The van der Waals surface area contributed by atoms with Crippen molar-refractivity contribution in [3.05, 3.63) is 46.1 Å². The van der Waals surface area contributed by atoms with E-state index in [9.17, 15) is 13.2 Å². The number of sulfonamides is 1. The van der Waals surface area contributed by atoms with E-state index in [4.69, 9.17) is 21.1 Å². The van der Waals surface area contributed by atoms with Crippen LogP contribution in [0.3, 0.4) is 0 Å². The number of benzene rings is 1. The first-order valence-corrected chi connectivity index (χ1v) is 13.7. The maximum atomic E-state index is 13.2. The Morgan fingerprint density at radius 3 is 2.70 bits per heavy atom. The number of halogens is 1. The molecule has 1 unspecified atom stereocenters. The predicted molar refractivity (Wildman–Crippen MR) is 128 cm³/mol. The van der Waals surface area contributed by atoms with Gasteiger partial charge in [0.25, 0.3) is 15.9 Å². The van der Waals surface area contributed by atoms with Gasteiger partial charge in [-0.15, -0.1) is 17.9 Å². The molecule has 12 heteroatoms. The SMILES string of the molecule is C=CCn1c(=NC(=O)C2CCCN2S(=O)(=O)c2ccc(Cl)s2)sc2cc3c(cc21)OCCO3. The van der Waals surface area contributed by atoms with E-state index in [1.165, 1.54) is 21.7 Å². The lowest BCUT2D eigenvalue weighted by Crippen LogP contribution is -2.40. The number of amides is 1. The number of aromatic nitrogens is 1. The molecule has 1 aromatic carbocycles. The van der Waals surface area contributed by atoms with Gasteiger partial charge in [-0.2, -0.15) is 9.30 Å². The molecule has 0 N–H and O–H groups in total. The van der Waals surface area contributed by atoms with Gasteiger partial charge in [-0.05, 0) is 25.0 Å². The summed E-state index contributed by atoms with van der Waals surface area (Å²) in [6, 6.07) is 5.91. The monoisotopic (exact) mass is 525 g/mol. The average Bonchev–Trinajstić information content (AvgIpc) is 3.52. The number of fused-ring (bicyclic) bond motifs is 2. The van der Waals surface area contributed by atoms with Crippen LogP contribution in [0.5, 0.6) is 11.5 Å². The van der Waals surface area contributed by atoms with Gasteiger partial charge in [0.2, 0.25) is 0 Å². The number of thiazole rings is 1. The second-order valence-electron chi connectivity index (χ2n) is 7.53. The van der Waals surface area contributed by atoms with Crippen molar-refractivity contribution >= 4 is 60.4 Å². The van der Waals surface area contributed by atoms with E-state index >= 15 is 0 Å². The number of rotatable bonds is 5. The van der Waals surface area contributed by atoms with Crippen LogP contribution < -0.4 is 14.3 Å². The van der Waals surface area contributed by atoms with Crippen LogP contribution in [-0.4, -0.2) is 49.0 Å². The second-order valence-corrected chi connectivity index (χ2v) is 12.4. The molecular formula is C21H20ClN3O5S3. The van der Waals surface area contributed by atoms with E-state index in [-0.39, 0.29) is 10.8 Å². The highest BCUT2D eigenvalue weighted by Crippen LogP contribution is 2.36. The highest BCUT2D eigenvalue weighted by atomic mass is 35.5. The van der Waals surface area contributed by atoms with Crippen molar-refractivity contribution in [2.75, 3.05) is 19.8 Å². The molecule has 2 aliphatic rings. The second kappa shape index (κ2) is 8.88. The molecule has 1 fully saturated rings. The van der Waals surface area contributed by atoms with Gasteiger partial charge in [-0.3, -0.25) is 4.79 Å². The highest BCUT2D eigenvalue weighted by Gasteiger charge is 2.40. The largest absolute Gasteiger partial charge is 0.486 e. The van der Waals surface area contributed by atoms with Crippen molar-refractivity contribution in [3.8, 4) is 11.5 Å². The molecule has 2 aromatic heterocycles. The maximum Gasteiger partial charge on any atom is 0.266 e. The Bertz CT molecular complexity index is 1420. The van der Waals surface area contributed by atoms with Crippen LogP contribution in [0.1, 0.15) is 12.8 Å². The first-order chi connectivity index (χ1) is 15.9. The summed E-state index contributed by atoms with van der Waals surface area (Å²) in [7, 11) is -3.83. The fraction of sp³-hybridized carbons (Fsp3) is 0.333. The van der Waals surface area contributed by atoms with E-state index < -0.39 is 22.0 Å². The predicted octanol–water partition coefficient (Wildman–Crippen LogP) is 3.66. The minimum absolute atomic E-state index is 0.126. The van der Waals surface area contributed by atoms with Crippen LogP contribution >= 0.6 is 34.3 Å². The van der Waals surface area contributed by atoms with Crippen molar-refractivity contribution in [1.29, 1.82) is 0 Å². The van der Waals surface area contributed by atoms with Crippen molar-refractivity contribution in [2.24, 2.45) is 4.99 Å². The average molecular weight is 526 g/mol. The van der Waals surface area contributed by atoms with E-state index in [0.29, 0.717) is 53.2 Å². The van der Waals surface area contributed by atoms with E-state index in [0.717, 1.165) is 21.6 Å². The molecule has 4 heterocycles. The third-order valence-electron chi connectivity index (χ3n) is 5.46. The van der Waals surface area contributed by atoms with Gasteiger partial charge in [0, 0.05) is 25.2 Å². The molecule has 0 saturated carbocycles. The summed E-state index contributed by atoms with van der Waals surface area (Å²) >= 11 is 8.26. The molecule has 0 spiro atoms. The zero-order chi connectivity index (χ0) is 23.2. The van der Waals surface area contributed by atoms with Crippen LogP contribution in [0.25, 0.3) is 10.2 Å². The summed E-state index contributed by atoms with van der Waals surface area (Å²) in [5, 5.41) is 0. The molecule has 0 bridgehead atoms. The Morgan fingerprint density at radius 1 is 1.24 bits per heavy atom. The van der Waals surface area contributed by atoms with Crippen LogP contribution in [0, 0.1) is 0 Å². The molecular weight excluding hydrogens is 506 g/mol. The number of allylic oxidation sites excluding steroid dienone is 1. The zero-order valence-corrected chi connectivity index (χ0v) is 20.6. The third kappa shape index (κ3) is 4.12. The fourth-order valence-electron chi connectivity index (χ4n) is 3.99. The fourth-order valence-corrected chi connectivity index (χ4v) is 8.31. The minimum Gasteiger partial charge on any atom is -0.486 e. The van der Waals surface area contributed by atoms with Gasteiger partial charge in [-0.25, -0.2) is 8.42 Å². The molecule has 0 aliphatic carbocycles. The summed E-state index contributed by atoms with van der Waals surface area (Å²) in [4.78, 5) is 18.1. The minimum atomic E-state index is -3.83. The van der Waals surface area contributed by atoms with Gasteiger partial charge < -0.3 is 14.0 Å². The Kier molecular flexibility index (Phi) is 6.08. The van der Waals surface area contributed by atoms with Gasteiger partial charge in [0.1, 0.15) is 23.5 Å². The van der Waals surface area contributed by atoms with Crippen LogP contribution in [-0.2, 0) is 21.4 Å². The smallest absolute Gasteiger partial charge is 0.266 e. The summed E-state index contributed by atoms with van der Waals surface area (Å²) in [6.45, 7) is 5.47. The van der Waals surface area contributed by atoms with E-state index in [2.05, 4.69) is 11.6 Å². The van der Waals surface area contributed by atoms with Crippen LogP contribution in [0.15, 0.2) is 46.1 Å². The topological polar surface area (TPSA) is 90.2 Å². The molecule has 8 nitrogen and oxygen atoms in total. The molecule has 3 aromatic rings. The molecule has 1 atom stereocenters. The first-order valence-electron chi connectivity index (χ1n) is 10.3. The lowest BCUT2D eigenvalue weighted by molar-refractivity contribution is -0.121. The van der Waals surface area contributed by atoms with E-state index in [1.54, 1.807) is 12.1 Å². The van der Waals surface area contributed by atoms with Gasteiger partial charge in [0.15, 0.2) is 16.3 Å². The standard InChI is InChI=1S/C21H20ClN3O5S3/c1-2-7-24-14-11-15-16(30-10-9-29-15)12-17(14)31-21(24)23-20(26)13-4-3-8-25(13)33(27,28)19-6-5-18(22)32-19/h2,5-6,11-13H,1,3-4,7-10H2. The van der Waals surface area contributed by atoms with Crippen molar-refractivity contribution < 1.29 is 22.7 Å². The summed E-state index contributed by atoms with van der Waals surface area (Å²) in [6.07, 6.45) is 2.73. The van der Waals surface area contributed by atoms with Crippen molar-refractivity contribution in [3.63, 3.8) is 0 Å². The Hall–Kier alpha value is -2.18. The molecule has 33 heavy (non-hydrogen) atoms. The van der Waals surface area contributed by atoms with Crippen molar-refractivity contribution in [1.82, 2.24) is 8.87 Å². The maximum absolute atomic E-state index is 13.2. The van der Waals surface area contributed by atoms with E-state index in [1.807, 2.05) is 16.7 Å². The third-order valence-corrected chi connectivity index (χ3v) is 10.1. The lowest BCUT2D eigenvalue weighted by Gasteiger charge is -2.20. The Labute approximate surface area is 203 Å². The number of carbonyl (C=O) groups is 1. The first kappa shape index (κ1) is 22.6. The zero-order valence-electron chi connectivity index (χ0n) is 17.4. The molecule has 2 aliphatic heterocycles. The number of thiophene rings is 1. The lowest BCUT2D eigenvalue weighted by atomic mass is 10.2. The Morgan fingerprint density at radius 2 is 2.00 bits per heavy atom. The highest BCUT2D eigenvalue weighted by molar-refractivity contribution is 7.91. The normalized spacial score (nSPS) is 19.3. The quantitative estimate of drug-likeness (QED) is 0.474. The number of hydrogen-bond acceptors (Lipinski definition) is 7. The van der Waals surface area contributed by atoms with Gasteiger partial charge in [0.05, 0.1) is 14.6 Å². The van der Waals surface area contributed by atoms with Crippen molar-refractivity contribution in [2.45, 2.75) is 29.6 Å². The summed E-state index contributed by atoms with van der Waals surface area (Å²) < 4.78 is 42.1. The molecule has 174 valence electrons. The van der Waals surface area contributed by atoms with Gasteiger partial charge >= 0.3 is 0 Å². The van der Waals surface area contributed by atoms with Crippen LogP contribution in [0.2, 0.25) is 4.34 Å². The Balaban J connectivity index is 1.54. The number of hydrogen-bond donors (Lipinski definition) is 0.